The van der Waals surface area contributed by atoms with Crippen LogP contribution in [0.25, 0.3) is 5.82 Å². The summed E-state index contributed by atoms with van der Waals surface area (Å²) in [7, 11) is 0. The number of amides is 2. The molecule has 7 nitrogen and oxygen atoms in total. The highest BCUT2D eigenvalue weighted by atomic mass is 35.5. The van der Waals surface area contributed by atoms with Crippen molar-refractivity contribution in [3.05, 3.63) is 35.6 Å². The first-order chi connectivity index (χ1) is 11.0. The number of hydrogen-bond acceptors (Lipinski definition) is 4. The molecule has 2 aromatic rings. The summed E-state index contributed by atoms with van der Waals surface area (Å²) in [4.78, 5) is 16.2. The van der Waals surface area contributed by atoms with E-state index in [0.717, 1.165) is 0 Å². The lowest BCUT2D eigenvalue weighted by atomic mass is 9.95. The minimum Gasteiger partial charge on any atom is -0.396 e. The van der Waals surface area contributed by atoms with E-state index >= 15 is 0 Å². The summed E-state index contributed by atoms with van der Waals surface area (Å²) in [6.45, 7) is 3.85. The summed E-state index contributed by atoms with van der Waals surface area (Å²) < 4.78 is 1.49. The molecule has 2 rings (SSSR count). The number of carbonyl (C=O) groups is 1. The van der Waals surface area contributed by atoms with E-state index in [-0.39, 0.29) is 12.6 Å². The Hall–Kier alpha value is -2.12. The van der Waals surface area contributed by atoms with Crippen LogP contribution >= 0.6 is 11.6 Å². The standard InChI is InChI=1S/C15H20ClN5O2/c1-3-15(2,7-10-22)19-14(23)18-12-6-9-21(20-12)13-11(16)5-4-8-17-13/h4-6,8-9,22H,3,7,10H2,1-2H3,(H2,18,19,20,23). The van der Waals surface area contributed by atoms with Crippen LogP contribution in [0.1, 0.15) is 26.7 Å². The predicted molar refractivity (Wildman–Crippen MR) is 88.9 cm³/mol. The smallest absolute Gasteiger partial charge is 0.320 e. The molecule has 0 aliphatic heterocycles. The van der Waals surface area contributed by atoms with Crippen molar-refractivity contribution in [1.29, 1.82) is 0 Å². The fourth-order valence-electron chi connectivity index (χ4n) is 2.05. The van der Waals surface area contributed by atoms with Gasteiger partial charge >= 0.3 is 6.03 Å². The van der Waals surface area contributed by atoms with E-state index in [0.29, 0.717) is 29.5 Å². The number of nitrogens with zero attached hydrogens (tertiary/aromatic N) is 3. The van der Waals surface area contributed by atoms with Crippen molar-refractivity contribution < 1.29 is 9.90 Å². The SMILES string of the molecule is CCC(C)(CCO)NC(=O)Nc1ccn(-c2ncccc2Cl)n1. The Labute approximate surface area is 139 Å². The van der Waals surface area contributed by atoms with Gasteiger partial charge in [-0.25, -0.2) is 14.5 Å². The zero-order chi connectivity index (χ0) is 16.9. The fraction of sp³-hybridized carbons (Fsp3) is 0.400. The zero-order valence-corrected chi connectivity index (χ0v) is 13.8. The van der Waals surface area contributed by atoms with Gasteiger partial charge in [0.15, 0.2) is 11.6 Å². The fourth-order valence-corrected chi connectivity index (χ4v) is 2.26. The molecular formula is C15H20ClN5O2. The maximum absolute atomic E-state index is 12.1. The van der Waals surface area contributed by atoms with Crippen LogP contribution in [0, 0.1) is 0 Å². The van der Waals surface area contributed by atoms with Crippen LogP contribution in [-0.4, -0.2) is 38.0 Å². The van der Waals surface area contributed by atoms with Gasteiger partial charge in [0.05, 0.1) is 5.02 Å². The van der Waals surface area contributed by atoms with Gasteiger partial charge in [-0.15, -0.1) is 5.10 Å². The molecule has 2 aromatic heterocycles. The maximum atomic E-state index is 12.1. The van der Waals surface area contributed by atoms with Crippen molar-refractivity contribution in [2.24, 2.45) is 0 Å². The number of hydrogen-bond donors (Lipinski definition) is 3. The van der Waals surface area contributed by atoms with Gasteiger partial charge in [-0.2, -0.15) is 0 Å². The average Bonchev–Trinajstić information content (AvgIpc) is 2.96. The molecule has 1 atom stereocenters. The number of halogens is 1. The highest BCUT2D eigenvalue weighted by molar-refractivity contribution is 6.32. The third-order valence-corrected chi connectivity index (χ3v) is 3.94. The molecule has 2 heterocycles. The molecule has 0 bridgehead atoms. The Kier molecular flexibility index (Phi) is 5.57. The molecule has 0 aromatic carbocycles. The predicted octanol–water partition coefficient (Wildman–Crippen LogP) is 2.59. The van der Waals surface area contributed by atoms with Gasteiger partial charge in [0.1, 0.15) is 0 Å². The molecule has 124 valence electrons. The van der Waals surface area contributed by atoms with Crippen molar-refractivity contribution in [3.8, 4) is 5.82 Å². The number of rotatable bonds is 6. The van der Waals surface area contributed by atoms with Crippen LogP contribution < -0.4 is 10.6 Å². The second-order valence-corrected chi connectivity index (χ2v) is 5.83. The first-order valence-electron chi connectivity index (χ1n) is 7.34. The molecule has 23 heavy (non-hydrogen) atoms. The summed E-state index contributed by atoms with van der Waals surface area (Å²) in [5.74, 6) is 0.868. The number of aliphatic hydroxyl groups is 1. The second-order valence-electron chi connectivity index (χ2n) is 5.42. The van der Waals surface area contributed by atoms with Gasteiger partial charge < -0.3 is 10.4 Å². The molecule has 0 aliphatic carbocycles. The third kappa shape index (κ3) is 4.43. The number of aliphatic hydroxyl groups excluding tert-OH is 1. The first-order valence-corrected chi connectivity index (χ1v) is 7.72. The summed E-state index contributed by atoms with van der Waals surface area (Å²) in [5.41, 5.74) is -0.467. The third-order valence-electron chi connectivity index (χ3n) is 3.65. The van der Waals surface area contributed by atoms with E-state index < -0.39 is 5.54 Å². The van der Waals surface area contributed by atoms with Crippen LogP contribution in [0.3, 0.4) is 0 Å². The van der Waals surface area contributed by atoms with Gasteiger partial charge in [0.25, 0.3) is 0 Å². The molecule has 0 spiro atoms. The molecule has 0 radical (unpaired) electrons. The van der Waals surface area contributed by atoms with E-state index in [4.69, 9.17) is 16.7 Å². The summed E-state index contributed by atoms with van der Waals surface area (Å²) in [5, 5.41) is 19.3. The van der Waals surface area contributed by atoms with E-state index in [1.54, 1.807) is 30.6 Å². The molecule has 8 heteroatoms. The molecule has 1 unspecified atom stereocenters. The van der Waals surface area contributed by atoms with E-state index in [1.807, 2.05) is 13.8 Å². The van der Waals surface area contributed by atoms with Crippen molar-refractivity contribution in [3.63, 3.8) is 0 Å². The van der Waals surface area contributed by atoms with Crippen molar-refractivity contribution >= 4 is 23.4 Å². The highest BCUT2D eigenvalue weighted by Gasteiger charge is 2.23. The molecule has 0 saturated carbocycles. The van der Waals surface area contributed by atoms with Crippen LogP contribution in [0.2, 0.25) is 5.02 Å². The number of pyridine rings is 1. The number of nitrogens with one attached hydrogen (secondary N) is 2. The molecule has 0 fully saturated rings. The lowest BCUT2D eigenvalue weighted by molar-refractivity contribution is 0.208. The topological polar surface area (TPSA) is 92.1 Å². The summed E-state index contributed by atoms with van der Waals surface area (Å²) in [6.07, 6.45) is 4.47. The number of anilines is 1. The quantitative estimate of drug-likeness (QED) is 0.755. The molecule has 0 aliphatic rings. The number of carbonyl (C=O) groups excluding carboxylic acids is 1. The second kappa shape index (κ2) is 7.43. The minimum absolute atomic E-state index is 0.0113. The number of aromatic nitrogens is 3. The minimum atomic E-state index is -0.467. The van der Waals surface area contributed by atoms with E-state index in [1.165, 1.54) is 4.68 Å². The van der Waals surface area contributed by atoms with Crippen molar-refractivity contribution in [2.75, 3.05) is 11.9 Å². The summed E-state index contributed by atoms with van der Waals surface area (Å²) in [6, 6.07) is 4.72. The monoisotopic (exact) mass is 337 g/mol. The average molecular weight is 338 g/mol. The van der Waals surface area contributed by atoms with Crippen LogP contribution in [0.15, 0.2) is 30.6 Å². The van der Waals surface area contributed by atoms with Gasteiger partial charge in [0, 0.05) is 30.6 Å². The molecule has 0 saturated heterocycles. The van der Waals surface area contributed by atoms with Crippen molar-refractivity contribution in [1.82, 2.24) is 20.1 Å². The Morgan fingerprint density at radius 1 is 1.48 bits per heavy atom. The largest absolute Gasteiger partial charge is 0.396 e. The maximum Gasteiger partial charge on any atom is 0.320 e. The first kappa shape index (κ1) is 17.2. The van der Waals surface area contributed by atoms with Gasteiger partial charge in [-0.05, 0) is 31.9 Å². The van der Waals surface area contributed by atoms with Crippen LogP contribution in [-0.2, 0) is 0 Å². The van der Waals surface area contributed by atoms with Gasteiger partial charge in [-0.1, -0.05) is 18.5 Å². The Bertz CT molecular complexity index is 675. The Balaban J connectivity index is 2.05. The molecular weight excluding hydrogens is 318 g/mol. The van der Waals surface area contributed by atoms with E-state index in [9.17, 15) is 4.79 Å². The van der Waals surface area contributed by atoms with Crippen molar-refractivity contribution in [2.45, 2.75) is 32.2 Å². The zero-order valence-electron chi connectivity index (χ0n) is 13.1. The van der Waals surface area contributed by atoms with E-state index in [2.05, 4.69) is 20.7 Å². The highest BCUT2D eigenvalue weighted by Crippen LogP contribution is 2.18. The number of urea groups is 1. The van der Waals surface area contributed by atoms with Gasteiger partial charge in [0.2, 0.25) is 0 Å². The normalized spacial score (nSPS) is 13.4. The summed E-state index contributed by atoms with van der Waals surface area (Å²) >= 11 is 6.07. The molecule has 2 amide bonds. The van der Waals surface area contributed by atoms with Crippen LogP contribution in [0.4, 0.5) is 10.6 Å². The lowest BCUT2D eigenvalue weighted by Gasteiger charge is -2.28. The van der Waals surface area contributed by atoms with Crippen LogP contribution in [0.5, 0.6) is 0 Å². The Morgan fingerprint density at radius 3 is 2.91 bits per heavy atom. The van der Waals surface area contributed by atoms with Gasteiger partial charge in [-0.3, -0.25) is 5.32 Å². The molecule has 3 N–H and O–H groups in total. The lowest BCUT2D eigenvalue weighted by Crippen LogP contribution is -2.48. The Morgan fingerprint density at radius 2 is 2.26 bits per heavy atom.